The Morgan fingerprint density at radius 3 is 1.97 bits per heavy atom. The number of fused-ring (bicyclic) bond motifs is 1. The Labute approximate surface area is 216 Å². The minimum Gasteiger partial charge on any atom is -0.495 e. The highest BCUT2D eigenvalue weighted by atomic mass is 32.1. The Balaban J connectivity index is 1.56. The van der Waals surface area contributed by atoms with Gasteiger partial charge in [-0.1, -0.05) is 54.6 Å². The van der Waals surface area contributed by atoms with Crippen LogP contribution < -0.4 is 29.6 Å². The van der Waals surface area contributed by atoms with Crippen LogP contribution in [-0.4, -0.2) is 33.6 Å². The van der Waals surface area contributed by atoms with Crippen molar-refractivity contribution in [2.75, 3.05) is 39.1 Å². The van der Waals surface area contributed by atoms with Gasteiger partial charge in [-0.05, 0) is 59.1 Å². The molecule has 4 rings (SSSR count). The van der Waals surface area contributed by atoms with Crippen LogP contribution in [0.5, 0.6) is 23.0 Å². The number of hydrogen-bond donors (Lipinski definition) is 2. The van der Waals surface area contributed by atoms with Gasteiger partial charge >= 0.3 is 0 Å². The molecule has 6 nitrogen and oxygen atoms in total. The lowest BCUT2D eigenvalue weighted by atomic mass is 10.1. The van der Waals surface area contributed by atoms with Gasteiger partial charge in [-0.3, -0.25) is 0 Å². The van der Waals surface area contributed by atoms with E-state index in [1.165, 1.54) is 0 Å². The molecule has 0 aliphatic heterocycles. The zero-order valence-electron chi connectivity index (χ0n) is 20.6. The van der Waals surface area contributed by atoms with E-state index in [0.29, 0.717) is 28.1 Å². The first-order valence-electron chi connectivity index (χ1n) is 11.3. The molecule has 4 aromatic carbocycles. The van der Waals surface area contributed by atoms with Crippen LogP contribution in [0, 0.1) is 0 Å². The molecule has 0 unspecified atom stereocenters. The summed E-state index contributed by atoms with van der Waals surface area (Å²) >= 11 is 5.62. The first-order chi connectivity index (χ1) is 17.6. The molecule has 0 aliphatic rings. The Morgan fingerprint density at radius 1 is 0.639 bits per heavy atom. The predicted molar refractivity (Wildman–Crippen MR) is 152 cm³/mol. The van der Waals surface area contributed by atoms with Gasteiger partial charge in [-0.15, -0.1) is 0 Å². The summed E-state index contributed by atoms with van der Waals surface area (Å²) in [6.07, 6.45) is 3.97. The lowest BCUT2D eigenvalue weighted by Gasteiger charge is -2.15. The van der Waals surface area contributed by atoms with Gasteiger partial charge in [0.1, 0.15) is 5.75 Å². The monoisotopic (exact) mass is 500 g/mol. The standard InChI is InChI=1S/C29H28N2O4S/c1-32-25-15-14-19(12-13-20-17-26(33-2)28(35-4)27(18-20)34-3)16-24(25)31-29(36)30-23-11-7-9-21-8-5-6-10-22(21)23/h5-18H,1-4H3,(H2,30,31,36). The number of nitrogens with one attached hydrogen (secondary N) is 2. The number of benzene rings is 4. The molecule has 0 heterocycles. The second kappa shape index (κ2) is 11.5. The molecule has 0 fully saturated rings. The van der Waals surface area contributed by atoms with Crippen molar-refractivity contribution in [1.82, 2.24) is 0 Å². The van der Waals surface area contributed by atoms with E-state index in [2.05, 4.69) is 28.8 Å². The fraction of sp³-hybridized carbons (Fsp3) is 0.138. The van der Waals surface area contributed by atoms with Gasteiger partial charge in [0.25, 0.3) is 0 Å². The Kier molecular flexibility index (Phi) is 7.92. The summed E-state index contributed by atoms with van der Waals surface area (Å²) in [4.78, 5) is 0. The smallest absolute Gasteiger partial charge is 0.203 e. The van der Waals surface area contributed by atoms with E-state index in [1.54, 1.807) is 28.4 Å². The van der Waals surface area contributed by atoms with Crippen molar-refractivity contribution in [1.29, 1.82) is 0 Å². The molecular formula is C29H28N2O4S. The van der Waals surface area contributed by atoms with Crippen LogP contribution in [-0.2, 0) is 0 Å². The molecule has 0 radical (unpaired) electrons. The van der Waals surface area contributed by atoms with Crippen molar-refractivity contribution in [3.63, 3.8) is 0 Å². The van der Waals surface area contributed by atoms with E-state index in [4.69, 9.17) is 31.2 Å². The number of methoxy groups -OCH3 is 4. The van der Waals surface area contributed by atoms with Crippen molar-refractivity contribution >= 4 is 51.6 Å². The van der Waals surface area contributed by atoms with E-state index >= 15 is 0 Å². The third-order valence-electron chi connectivity index (χ3n) is 5.66. The van der Waals surface area contributed by atoms with E-state index in [-0.39, 0.29) is 0 Å². The quantitative estimate of drug-likeness (QED) is 0.203. The predicted octanol–water partition coefficient (Wildman–Crippen LogP) is 6.85. The second-order valence-corrected chi connectivity index (χ2v) is 8.27. The van der Waals surface area contributed by atoms with E-state index in [0.717, 1.165) is 33.3 Å². The maximum Gasteiger partial charge on any atom is 0.203 e. The molecule has 4 aromatic rings. The van der Waals surface area contributed by atoms with Gasteiger partial charge in [-0.25, -0.2) is 0 Å². The highest BCUT2D eigenvalue weighted by molar-refractivity contribution is 7.80. The molecular weight excluding hydrogens is 472 g/mol. The molecule has 0 amide bonds. The lowest BCUT2D eigenvalue weighted by molar-refractivity contribution is 0.324. The summed E-state index contributed by atoms with van der Waals surface area (Å²) in [5, 5.41) is 9.28. The summed E-state index contributed by atoms with van der Waals surface area (Å²) in [5.41, 5.74) is 3.55. The molecule has 2 N–H and O–H groups in total. The van der Waals surface area contributed by atoms with Gasteiger partial charge in [0.15, 0.2) is 16.6 Å². The molecule has 184 valence electrons. The van der Waals surface area contributed by atoms with Crippen molar-refractivity contribution in [2.24, 2.45) is 0 Å². The second-order valence-electron chi connectivity index (χ2n) is 7.86. The highest BCUT2D eigenvalue weighted by Gasteiger charge is 2.12. The largest absolute Gasteiger partial charge is 0.495 e. The molecule has 0 spiro atoms. The summed E-state index contributed by atoms with van der Waals surface area (Å²) in [5.74, 6) is 2.43. The number of thiocarbonyl (C=S) groups is 1. The Bertz CT molecular complexity index is 1390. The Hall–Kier alpha value is -4.23. The fourth-order valence-corrected chi connectivity index (χ4v) is 4.15. The van der Waals surface area contributed by atoms with Gasteiger partial charge in [0, 0.05) is 11.1 Å². The number of ether oxygens (including phenoxy) is 4. The molecule has 0 atom stereocenters. The Morgan fingerprint density at radius 2 is 1.28 bits per heavy atom. The van der Waals surface area contributed by atoms with Crippen LogP contribution in [0.4, 0.5) is 11.4 Å². The van der Waals surface area contributed by atoms with Gasteiger partial charge < -0.3 is 29.6 Å². The van der Waals surface area contributed by atoms with E-state index < -0.39 is 0 Å². The van der Waals surface area contributed by atoms with Gasteiger partial charge in [0.2, 0.25) is 5.75 Å². The maximum absolute atomic E-state index is 5.62. The van der Waals surface area contributed by atoms with Crippen LogP contribution in [0.3, 0.4) is 0 Å². The van der Waals surface area contributed by atoms with Crippen molar-refractivity contribution in [3.8, 4) is 23.0 Å². The number of anilines is 2. The van der Waals surface area contributed by atoms with E-state index in [1.807, 2.05) is 66.7 Å². The lowest BCUT2D eigenvalue weighted by Crippen LogP contribution is -2.19. The molecule has 36 heavy (non-hydrogen) atoms. The van der Waals surface area contributed by atoms with E-state index in [9.17, 15) is 0 Å². The van der Waals surface area contributed by atoms with Crippen LogP contribution in [0.15, 0.2) is 72.8 Å². The van der Waals surface area contributed by atoms with Crippen molar-refractivity contribution in [2.45, 2.75) is 0 Å². The van der Waals surface area contributed by atoms with Crippen LogP contribution in [0.1, 0.15) is 11.1 Å². The molecule has 0 saturated heterocycles. The molecule has 0 aliphatic carbocycles. The number of rotatable bonds is 8. The molecule has 0 saturated carbocycles. The highest BCUT2D eigenvalue weighted by Crippen LogP contribution is 2.38. The zero-order chi connectivity index (χ0) is 25.5. The molecule has 0 aromatic heterocycles. The summed E-state index contributed by atoms with van der Waals surface area (Å²) in [6, 6.07) is 23.9. The first-order valence-corrected chi connectivity index (χ1v) is 11.7. The summed E-state index contributed by atoms with van der Waals surface area (Å²) < 4.78 is 21.9. The fourth-order valence-electron chi connectivity index (χ4n) is 3.93. The summed E-state index contributed by atoms with van der Waals surface area (Å²) in [7, 11) is 6.41. The molecule has 7 heteroatoms. The van der Waals surface area contributed by atoms with Crippen LogP contribution in [0.25, 0.3) is 22.9 Å². The SMILES string of the molecule is COc1ccc(C=Cc2cc(OC)c(OC)c(OC)c2)cc1NC(=S)Nc1cccc2ccccc12. The maximum atomic E-state index is 5.62. The minimum absolute atomic E-state index is 0.468. The topological polar surface area (TPSA) is 61.0 Å². The third kappa shape index (κ3) is 5.53. The minimum atomic E-state index is 0.468. The van der Waals surface area contributed by atoms with Gasteiger partial charge in [-0.2, -0.15) is 0 Å². The van der Waals surface area contributed by atoms with Crippen LogP contribution in [0.2, 0.25) is 0 Å². The molecule has 0 bridgehead atoms. The van der Waals surface area contributed by atoms with Crippen LogP contribution >= 0.6 is 12.2 Å². The zero-order valence-corrected chi connectivity index (χ0v) is 21.4. The van der Waals surface area contributed by atoms with Crippen molar-refractivity contribution in [3.05, 3.63) is 83.9 Å². The average molecular weight is 501 g/mol. The third-order valence-corrected chi connectivity index (χ3v) is 5.87. The normalized spacial score (nSPS) is 10.8. The number of hydrogen-bond acceptors (Lipinski definition) is 5. The summed E-state index contributed by atoms with van der Waals surface area (Å²) in [6.45, 7) is 0. The average Bonchev–Trinajstić information content (AvgIpc) is 2.91. The first kappa shape index (κ1) is 24.9. The van der Waals surface area contributed by atoms with Gasteiger partial charge in [0.05, 0.1) is 34.1 Å². The van der Waals surface area contributed by atoms with Crippen molar-refractivity contribution < 1.29 is 18.9 Å².